The molecule has 1 aliphatic rings. The summed E-state index contributed by atoms with van der Waals surface area (Å²) >= 11 is 0. The minimum atomic E-state index is -1.06. The number of rotatable bonds is 6. The van der Waals surface area contributed by atoms with Crippen molar-refractivity contribution in [3.05, 3.63) is 59.0 Å². The third-order valence-corrected chi connectivity index (χ3v) is 6.25. The van der Waals surface area contributed by atoms with Crippen molar-refractivity contribution in [1.82, 2.24) is 5.32 Å². The molecule has 2 aromatic rings. The van der Waals surface area contributed by atoms with Crippen LogP contribution in [0.15, 0.2) is 40.8 Å². The monoisotopic (exact) mass is 373 g/mol. The summed E-state index contributed by atoms with van der Waals surface area (Å²) in [5.41, 5.74) is 2.23. The lowest BCUT2D eigenvalue weighted by Gasteiger charge is -2.26. The van der Waals surface area contributed by atoms with Crippen molar-refractivity contribution >= 4 is 16.7 Å². The Labute approximate surface area is 157 Å². The van der Waals surface area contributed by atoms with Gasteiger partial charge in [0.1, 0.15) is 5.76 Å². The number of benzene rings is 1. The lowest BCUT2D eigenvalue weighted by molar-refractivity contribution is 0.0893. The van der Waals surface area contributed by atoms with E-state index in [0.29, 0.717) is 23.0 Å². The van der Waals surface area contributed by atoms with Gasteiger partial charge in [0.15, 0.2) is 5.76 Å². The molecule has 0 bridgehead atoms. The van der Waals surface area contributed by atoms with E-state index >= 15 is 0 Å². The Morgan fingerprint density at radius 1 is 1.08 bits per heavy atom. The number of furan rings is 1. The first-order valence-electron chi connectivity index (χ1n) is 9.29. The zero-order chi connectivity index (χ0) is 18.5. The standard InChI is InChI=1S/C21H27NO3S/c1-15-3-7-17(8-4-15)13-26(24)14-19-11-12-20(25-19)21(23)22-18-9-5-16(2)6-10-18/h3-4,7-8,11-12,16,18H,5-6,9-10,13-14H2,1-2H3,(H,22,23)/t16?,18?,26-/m0/s1. The van der Waals surface area contributed by atoms with E-state index < -0.39 is 10.8 Å². The fourth-order valence-corrected chi connectivity index (χ4v) is 4.46. The molecule has 140 valence electrons. The summed E-state index contributed by atoms with van der Waals surface area (Å²) in [4.78, 5) is 12.3. The maximum atomic E-state index is 12.3. The van der Waals surface area contributed by atoms with Crippen molar-refractivity contribution < 1.29 is 13.4 Å². The Morgan fingerprint density at radius 3 is 2.46 bits per heavy atom. The fourth-order valence-electron chi connectivity index (χ4n) is 3.32. The molecule has 1 heterocycles. The van der Waals surface area contributed by atoms with Crippen LogP contribution in [0, 0.1) is 12.8 Å². The number of hydrogen-bond donors (Lipinski definition) is 1. The van der Waals surface area contributed by atoms with Gasteiger partial charge in [0, 0.05) is 22.6 Å². The highest BCUT2D eigenvalue weighted by atomic mass is 32.2. The highest BCUT2D eigenvalue weighted by molar-refractivity contribution is 7.83. The smallest absolute Gasteiger partial charge is 0.287 e. The van der Waals surface area contributed by atoms with Crippen LogP contribution in [0.5, 0.6) is 0 Å². The van der Waals surface area contributed by atoms with E-state index in [4.69, 9.17) is 4.42 Å². The molecule has 26 heavy (non-hydrogen) atoms. The van der Waals surface area contributed by atoms with E-state index in [-0.39, 0.29) is 11.9 Å². The van der Waals surface area contributed by atoms with Gasteiger partial charge < -0.3 is 9.73 Å². The Morgan fingerprint density at radius 2 is 1.77 bits per heavy atom. The van der Waals surface area contributed by atoms with Crippen LogP contribution in [-0.4, -0.2) is 16.2 Å². The second-order valence-electron chi connectivity index (χ2n) is 7.41. The summed E-state index contributed by atoms with van der Waals surface area (Å²) < 4.78 is 18.0. The highest BCUT2D eigenvalue weighted by Gasteiger charge is 2.21. The summed E-state index contributed by atoms with van der Waals surface area (Å²) in [6.07, 6.45) is 4.38. The van der Waals surface area contributed by atoms with E-state index in [2.05, 4.69) is 12.2 Å². The minimum absolute atomic E-state index is 0.167. The zero-order valence-electron chi connectivity index (χ0n) is 15.5. The fraction of sp³-hybridized carbons (Fsp3) is 0.476. The van der Waals surface area contributed by atoms with Crippen LogP contribution in [-0.2, 0) is 22.3 Å². The second kappa shape index (κ2) is 8.67. The van der Waals surface area contributed by atoms with Crippen LogP contribution in [0.4, 0.5) is 0 Å². The van der Waals surface area contributed by atoms with Gasteiger partial charge in [-0.1, -0.05) is 36.8 Å². The summed E-state index contributed by atoms with van der Waals surface area (Å²) in [5, 5.41) is 3.06. The molecule has 4 nitrogen and oxygen atoms in total. The summed E-state index contributed by atoms with van der Waals surface area (Å²) in [6.45, 7) is 4.29. The van der Waals surface area contributed by atoms with Gasteiger partial charge >= 0.3 is 0 Å². The Balaban J connectivity index is 1.51. The van der Waals surface area contributed by atoms with Gasteiger partial charge in [0.2, 0.25) is 0 Å². The molecule has 0 aliphatic heterocycles. The maximum absolute atomic E-state index is 12.3. The first-order valence-corrected chi connectivity index (χ1v) is 10.8. The van der Waals surface area contributed by atoms with Gasteiger partial charge in [-0.15, -0.1) is 0 Å². The van der Waals surface area contributed by atoms with Gasteiger partial charge in [-0.25, -0.2) is 0 Å². The Hall–Kier alpha value is -1.88. The van der Waals surface area contributed by atoms with E-state index in [1.54, 1.807) is 12.1 Å². The maximum Gasteiger partial charge on any atom is 0.287 e. The molecular formula is C21H27NO3S. The molecule has 0 unspecified atom stereocenters. The topological polar surface area (TPSA) is 59.3 Å². The Bertz CT molecular complexity index is 758. The van der Waals surface area contributed by atoms with Crippen LogP contribution >= 0.6 is 0 Å². The average molecular weight is 374 g/mol. The van der Waals surface area contributed by atoms with Crippen molar-refractivity contribution in [3.8, 4) is 0 Å². The molecule has 1 aliphatic carbocycles. The molecule has 0 spiro atoms. The quantitative estimate of drug-likeness (QED) is 0.819. The third kappa shape index (κ3) is 5.31. The zero-order valence-corrected chi connectivity index (χ0v) is 16.3. The molecule has 1 saturated carbocycles. The van der Waals surface area contributed by atoms with Crippen molar-refractivity contribution in [3.63, 3.8) is 0 Å². The van der Waals surface area contributed by atoms with Gasteiger partial charge in [0.25, 0.3) is 5.91 Å². The Kier molecular flexibility index (Phi) is 6.30. The number of carbonyl (C=O) groups is 1. The van der Waals surface area contributed by atoms with Crippen LogP contribution in [0.2, 0.25) is 0 Å². The van der Waals surface area contributed by atoms with E-state index in [9.17, 15) is 9.00 Å². The molecule has 1 N–H and O–H groups in total. The molecule has 1 aromatic carbocycles. The molecule has 1 aromatic heterocycles. The average Bonchev–Trinajstić information content (AvgIpc) is 3.07. The van der Waals surface area contributed by atoms with Gasteiger partial charge in [-0.2, -0.15) is 0 Å². The number of amides is 1. The largest absolute Gasteiger partial charge is 0.455 e. The van der Waals surface area contributed by atoms with Crippen molar-refractivity contribution in [2.45, 2.75) is 57.1 Å². The van der Waals surface area contributed by atoms with E-state index in [1.807, 2.05) is 31.2 Å². The molecule has 3 rings (SSSR count). The third-order valence-electron chi connectivity index (χ3n) is 4.99. The molecule has 5 heteroatoms. The summed E-state index contributed by atoms with van der Waals surface area (Å²) in [6, 6.07) is 11.7. The molecule has 0 saturated heterocycles. The molecule has 1 fully saturated rings. The summed E-state index contributed by atoms with van der Waals surface area (Å²) in [7, 11) is -1.06. The number of hydrogen-bond acceptors (Lipinski definition) is 3. The molecule has 1 atom stereocenters. The van der Waals surface area contributed by atoms with Gasteiger partial charge in [-0.3, -0.25) is 9.00 Å². The SMILES string of the molecule is Cc1ccc(C[S@](=O)Cc2ccc(C(=O)NC3CCC(C)CC3)o2)cc1. The van der Waals surface area contributed by atoms with Gasteiger partial charge in [-0.05, 0) is 56.2 Å². The van der Waals surface area contributed by atoms with Crippen molar-refractivity contribution in [1.29, 1.82) is 0 Å². The predicted molar refractivity (Wildman–Crippen MR) is 104 cm³/mol. The number of nitrogens with one attached hydrogen (secondary N) is 1. The molecule has 1 amide bonds. The summed E-state index contributed by atoms with van der Waals surface area (Å²) in [5.74, 6) is 2.30. The number of aryl methyl sites for hydroxylation is 1. The number of carbonyl (C=O) groups excluding carboxylic acids is 1. The first-order chi connectivity index (χ1) is 12.5. The van der Waals surface area contributed by atoms with Crippen molar-refractivity contribution in [2.75, 3.05) is 0 Å². The van der Waals surface area contributed by atoms with E-state index in [1.165, 1.54) is 5.56 Å². The minimum Gasteiger partial charge on any atom is -0.455 e. The van der Waals surface area contributed by atoms with E-state index in [0.717, 1.165) is 37.2 Å². The molecule has 0 radical (unpaired) electrons. The van der Waals surface area contributed by atoms with Crippen LogP contribution < -0.4 is 5.32 Å². The normalized spacial score (nSPS) is 21.3. The van der Waals surface area contributed by atoms with Crippen LogP contribution in [0.25, 0.3) is 0 Å². The second-order valence-corrected chi connectivity index (χ2v) is 8.87. The molecular weight excluding hydrogens is 346 g/mol. The lowest BCUT2D eigenvalue weighted by atomic mass is 9.87. The lowest BCUT2D eigenvalue weighted by Crippen LogP contribution is -2.37. The van der Waals surface area contributed by atoms with Gasteiger partial charge in [0.05, 0.1) is 5.75 Å². The van der Waals surface area contributed by atoms with Crippen LogP contribution in [0.1, 0.15) is 60.0 Å². The first kappa shape index (κ1) is 18.9. The highest BCUT2D eigenvalue weighted by Crippen LogP contribution is 2.24. The predicted octanol–water partition coefficient (Wildman–Crippen LogP) is 4.35. The van der Waals surface area contributed by atoms with Crippen molar-refractivity contribution in [2.24, 2.45) is 5.92 Å². The van der Waals surface area contributed by atoms with Crippen LogP contribution in [0.3, 0.4) is 0 Å².